The number of alkyl halides is 3. The molecule has 1 aromatic carbocycles. The molecule has 0 radical (unpaired) electrons. The first kappa shape index (κ1) is 13.6. The summed E-state index contributed by atoms with van der Waals surface area (Å²) in [4.78, 5) is 12.5. The Morgan fingerprint density at radius 1 is 1.37 bits per heavy atom. The van der Waals surface area contributed by atoms with E-state index in [0.29, 0.717) is 17.7 Å². The molecule has 104 valence electrons. The number of amides is 1. The van der Waals surface area contributed by atoms with Crippen LogP contribution < -0.4 is 0 Å². The highest BCUT2D eigenvalue weighted by Gasteiger charge is 2.42. The summed E-state index contributed by atoms with van der Waals surface area (Å²) in [7, 11) is 0. The summed E-state index contributed by atoms with van der Waals surface area (Å²) in [5, 5.41) is 9.44. The van der Waals surface area contributed by atoms with E-state index in [2.05, 4.69) is 0 Å². The van der Waals surface area contributed by atoms with Gasteiger partial charge in [-0.15, -0.1) is 0 Å². The molecule has 19 heavy (non-hydrogen) atoms. The molecule has 7 heteroatoms. The van der Waals surface area contributed by atoms with Gasteiger partial charge in [-0.25, -0.2) is 4.39 Å². The topological polar surface area (TPSA) is 40.5 Å². The average Bonchev–Trinajstić information content (AvgIpc) is 3.08. The molecule has 0 heterocycles. The van der Waals surface area contributed by atoms with Crippen LogP contribution in [0.25, 0.3) is 0 Å². The monoisotopic (exact) mass is 277 g/mol. The van der Waals surface area contributed by atoms with Crippen LogP contribution in [0.1, 0.15) is 23.2 Å². The lowest BCUT2D eigenvalue weighted by molar-refractivity contribution is -0.141. The number of hydrogen-bond acceptors (Lipinski definition) is 2. The Morgan fingerprint density at radius 2 is 2.00 bits per heavy atom. The molecule has 0 atom stereocenters. The standard InChI is InChI=1S/C12H11F4NO2/c13-8-2-1-3-9(18)10(8)11(19)17(7-4-5-7)6-12(14,15)16/h1-3,7,18H,4-6H2. The minimum Gasteiger partial charge on any atom is -0.507 e. The van der Waals surface area contributed by atoms with Gasteiger partial charge in [-0.05, 0) is 25.0 Å². The van der Waals surface area contributed by atoms with E-state index in [1.54, 1.807) is 0 Å². The van der Waals surface area contributed by atoms with E-state index < -0.39 is 41.8 Å². The van der Waals surface area contributed by atoms with Gasteiger partial charge in [0.2, 0.25) is 0 Å². The lowest BCUT2D eigenvalue weighted by Crippen LogP contribution is -2.40. The predicted molar refractivity (Wildman–Crippen MR) is 58.2 cm³/mol. The maximum Gasteiger partial charge on any atom is 0.406 e. The Bertz CT molecular complexity index is 477. The second-order valence-electron chi connectivity index (χ2n) is 4.41. The molecule has 1 aliphatic rings. The van der Waals surface area contributed by atoms with Crippen molar-refractivity contribution in [3.8, 4) is 5.75 Å². The summed E-state index contributed by atoms with van der Waals surface area (Å²) in [6.45, 7) is -1.44. The number of benzene rings is 1. The Balaban J connectivity index is 2.29. The molecule has 1 aromatic rings. The lowest BCUT2D eigenvalue weighted by atomic mass is 10.1. The molecule has 1 N–H and O–H groups in total. The molecule has 1 fully saturated rings. The number of phenolic OH excluding ortho intramolecular Hbond substituents is 1. The Morgan fingerprint density at radius 3 is 2.47 bits per heavy atom. The van der Waals surface area contributed by atoms with E-state index in [1.165, 1.54) is 6.07 Å². The second-order valence-corrected chi connectivity index (χ2v) is 4.41. The van der Waals surface area contributed by atoms with Gasteiger partial charge in [0.1, 0.15) is 23.7 Å². The van der Waals surface area contributed by atoms with Crippen LogP contribution in [-0.4, -0.2) is 34.7 Å². The summed E-state index contributed by atoms with van der Waals surface area (Å²) in [6.07, 6.45) is -3.65. The van der Waals surface area contributed by atoms with Gasteiger partial charge in [0.15, 0.2) is 0 Å². The number of hydrogen-bond donors (Lipinski definition) is 1. The van der Waals surface area contributed by atoms with Crippen LogP contribution in [0.15, 0.2) is 18.2 Å². The molecule has 0 aromatic heterocycles. The van der Waals surface area contributed by atoms with Crippen LogP contribution >= 0.6 is 0 Å². The smallest absolute Gasteiger partial charge is 0.406 e. The minimum atomic E-state index is -4.56. The highest BCUT2D eigenvalue weighted by atomic mass is 19.4. The van der Waals surface area contributed by atoms with E-state index in [0.717, 1.165) is 12.1 Å². The van der Waals surface area contributed by atoms with Crippen molar-refractivity contribution < 1.29 is 27.5 Å². The zero-order valence-corrected chi connectivity index (χ0v) is 9.75. The van der Waals surface area contributed by atoms with E-state index in [9.17, 15) is 27.5 Å². The SMILES string of the molecule is O=C(c1c(O)cccc1F)N(CC(F)(F)F)C1CC1. The molecular weight excluding hydrogens is 266 g/mol. The highest BCUT2D eigenvalue weighted by molar-refractivity contribution is 5.97. The van der Waals surface area contributed by atoms with Gasteiger partial charge in [0, 0.05) is 6.04 Å². The number of rotatable bonds is 3. The van der Waals surface area contributed by atoms with Crippen LogP contribution in [0.2, 0.25) is 0 Å². The molecule has 1 amide bonds. The molecule has 1 saturated carbocycles. The summed E-state index contributed by atoms with van der Waals surface area (Å²) in [5.41, 5.74) is -0.710. The third-order valence-corrected chi connectivity index (χ3v) is 2.80. The zero-order valence-electron chi connectivity index (χ0n) is 9.75. The lowest BCUT2D eigenvalue weighted by Gasteiger charge is -2.24. The van der Waals surface area contributed by atoms with Gasteiger partial charge in [-0.2, -0.15) is 13.2 Å². The van der Waals surface area contributed by atoms with E-state index in [1.807, 2.05) is 0 Å². The fourth-order valence-corrected chi connectivity index (χ4v) is 1.81. The number of halogens is 4. The van der Waals surface area contributed by atoms with Gasteiger partial charge < -0.3 is 10.0 Å². The third-order valence-electron chi connectivity index (χ3n) is 2.80. The second kappa shape index (κ2) is 4.71. The molecule has 0 saturated heterocycles. The van der Waals surface area contributed by atoms with Crippen molar-refractivity contribution in [1.29, 1.82) is 0 Å². The van der Waals surface area contributed by atoms with Gasteiger partial charge in [-0.3, -0.25) is 4.79 Å². The van der Waals surface area contributed by atoms with Crippen molar-refractivity contribution in [2.75, 3.05) is 6.54 Å². The van der Waals surface area contributed by atoms with Gasteiger partial charge >= 0.3 is 6.18 Å². The first-order valence-corrected chi connectivity index (χ1v) is 5.65. The average molecular weight is 277 g/mol. The number of nitrogens with zero attached hydrogens (tertiary/aromatic N) is 1. The van der Waals surface area contributed by atoms with Crippen molar-refractivity contribution in [2.24, 2.45) is 0 Å². The van der Waals surface area contributed by atoms with Gasteiger partial charge in [-0.1, -0.05) is 6.07 Å². The van der Waals surface area contributed by atoms with Crippen LogP contribution in [0.3, 0.4) is 0 Å². The van der Waals surface area contributed by atoms with Crippen LogP contribution in [-0.2, 0) is 0 Å². The number of phenols is 1. The van der Waals surface area contributed by atoms with Crippen molar-refractivity contribution >= 4 is 5.91 Å². The fourth-order valence-electron chi connectivity index (χ4n) is 1.81. The van der Waals surface area contributed by atoms with Crippen molar-refractivity contribution in [3.63, 3.8) is 0 Å². The molecule has 2 rings (SSSR count). The molecule has 0 aliphatic heterocycles. The summed E-state index contributed by atoms with van der Waals surface area (Å²) in [5.74, 6) is -2.81. The van der Waals surface area contributed by atoms with Crippen molar-refractivity contribution in [2.45, 2.75) is 25.1 Å². The van der Waals surface area contributed by atoms with E-state index in [4.69, 9.17) is 0 Å². The Labute approximate surface area is 106 Å². The maximum absolute atomic E-state index is 13.5. The molecule has 3 nitrogen and oxygen atoms in total. The van der Waals surface area contributed by atoms with Crippen molar-refractivity contribution in [3.05, 3.63) is 29.6 Å². The van der Waals surface area contributed by atoms with Gasteiger partial charge in [0.05, 0.1) is 0 Å². The zero-order chi connectivity index (χ0) is 14.2. The highest BCUT2D eigenvalue weighted by Crippen LogP contribution is 2.33. The maximum atomic E-state index is 13.5. The number of carbonyl (C=O) groups is 1. The molecular formula is C12H11F4NO2. The molecule has 0 spiro atoms. The first-order valence-electron chi connectivity index (χ1n) is 5.65. The van der Waals surface area contributed by atoms with Gasteiger partial charge in [0.25, 0.3) is 5.91 Å². The normalized spacial score (nSPS) is 15.4. The fraction of sp³-hybridized carbons (Fsp3) is 0.417. The largest absolute Gasteiger partial charge is 0.507 e. The summed E-state index contributed by atoms with van der Waals surface area (Å²) >= 11 is 0. The van der Waals surface area contributed by atoms with Crippen LogP contribution in [0.4, 0.5) is 17.6 Å². The number of aromatic hydroxyl groups is 1. The van der Waals surface area contributed by atoms with E-state index >= 15 is 0 Å². The van der Waals surface area contributed by atoms with Crippen LogP contribution in [0, 0.1) is 5.82 Å². The Kier molecular flexibility index (Phi) is 3.38. The molecule has 0 unspecified atom stereocenters. The number of carbonyl (C=O) groups excluding carboxylic acids is 1. The predicted octanol–water partition coefficient (Wildman–Crippen LogP) is 2.70. The van der Waals surface area contributed by atoms with E-state index in [-0.39, 0.29) is 0 Å². The molecule has 0 bridgehead atoms. The first-order chi connectivity index (χ1) is 8.79. The Hall–Kier alpha value is -1.79. The minimum absolute atomic E-state index is 0.455. The van der Waals surface area contributed by atoms with Crippen molar-refractivity contribution in [1.82, 2.24) is 4.90 Å². The molecule has 1 aliphatic carbocycles. The quantitative estimate of drug-likeness (QED) is 0.863. The summed E-state index contributed by atoms with van der Waals surface area (Å²) < 4.78 is 50.8. The van der Waals surface area contributed by atoms with Crippen LogP contribution in [0.5, 0.6) is 5.75 Å². The summed E-state index contributed by atoms with van der Waals surface area (Å²) in [6, 6.07) is 2.63. The third kappa shape index (κ3) is 3.15.